The second kappa shape index (κ2) is 8.91. The van der Waals surface area contributed by atoms with Gasteiger partial charge in [-0.15, -0.1) is 6.58 Å². The lowest BCUT2D eigenvalue weighted by Gasteiger charge is -2.44. The van der Waals surface area contributed by atoms with Gasteiger partial charge in [0.2, 0.25) is 0 Å². The number of piperazine rings is 1. The summed E-state index contributed by atoms with van der Waals surface area (Å²) in [7, 11) is 0. The minimum Gasteiger partial charge on any atom is -0.368 e. The van der Waals surface area contributed by atoms with Gasteiger partial charge >= 0.3 is 6.18 Å². The predicted octanol–water partition coefficient (Wildman–Crippen LogP) is 6.30. The van der Waals surface area contributed by atoms with Crippen molar-refractivity contribution in [1.29, 1.82) is 0 Å². The molecular weight excluding hydrogens is 417 g/mol. The van der Waals surface area contributed by atoms with Gasteiger partial charge in [-0.25, -0.2) is 4.31 Å². The first-order valence-electron chi connectivity index (χ1n) is 10.8. The Morgan fingerprint density at radius 2 is 1.71 bits per heavy atom. The van der Waals surface area contributed by atoms with E-state index in [1.54, 1.807) is 12.1 Å². The van der Waals surface area contributed by atoms with Crippen molar-refractivity contribution in [3.63, 3.8) is 0 Å². The van der Waals surface area contributed by atoms with Crippen molar-refractivity contribution in [2.45, 2.75) is 56.3 Å². The van der Waals surface area contributed by atoms with Crippen molar-refractivity contribution in [1.82, 2.24) is 4.31 Å². The van der Waals surface area contributed by atoms with Crippen molar-refractivity contribution >= 4 is 17.6 Å². The zero-order valence-electron chi connectivity index (χ0n) is 18.0. The van der Waals surface area contributed by atoms with Gasteiger partial charge in [-0.3, -0.25) is 0 Å². The number of rotatable bonds is 5. The highest BCUT2D eigenvalue weighted by atomic mass is 32.2. The molecule has 0 amide bonds. The molecule has 6 heteroatoms. The molecule has 31 heavy (non-hydrogen) atoms. The molecule has 3 atom stereocenters. The second-order valence-corrected chi connectivity index (χ2v) is 9.85. The molecule has 0 saturated carbocycles. The molecule has 2 aromatic carbocycles. The SMILES string of the molecule is C=CC1Cc2cccc(SN3C(C)CN(c4ccc(CC(F)(F)F)cc4)CC3C)c2C1. The van der Waals surface area contributed by atoms with Crippen LogP contribution in [0.1, 0.15) is 30.5 Å². The Morgan fingerprint density at radius 1 is 1.03 bits per heavy atom. The van der Waals surface area contributed by atoms with Gasteiger partial charge in [0.05, 0.1) is 6.42 Å². The van der Waals surface area contributed by atoms with Crippen LogP contribution < -0.4 is 4.90 Å². The standard InChI is InChI=1S/C25H29F3N2S/c1-4-19-12-21-6-5-7-24(23(21)13-19)31-30-17(2)15-29(16-18(30)3)22-10-8-20(9-11-22)14-25(26,27)28/h4-11,17-19H,1,12-16H2,2-3H3. The average molecular weight is 447 g/mol. The molecule has 0 radical (unpaired) electrons. The smallest absolute Gasteiger partial charge is 0.368 e. The molecule has 2 nitrogen and oxygen atoms in total. The lowest BCUT2D eigenvalue weighted by atomic mass is 10.1. The fraction of sp³-hybridized carbons (Fsp3) is 0.440. The van der Waals surface area contributed by atoms with Crippen molar-refractivity contribution in [2.75, 3.05) is 18.0 Å². The molecule has 0 bridgehead atoms. The number of halogens is 3. The van der Waals surface area contributed by atoms with Crippen LogP contribution in [0, 0.1) is 5.92 Å². The summed E-state index contributed by atoms with van der Waals surface area (Å²) in [6.45, 7) is 10.1. The van der Waals surface area contributed by atoms with Gasteiger partial charge in [0.25, 0.3) is 0 Å². The summed E-state index contributed by atoms with van der Waals surface area (Å²) in [5.74, 6) is 0.531. The first kappa shape index (κ1) is 22.3. The van der Waals surface area contributed by atoms with E-state index in [2.05, 4.69) is 53.9 Å². The lowest BCUT2D eigenvalue weighted by molar-refractivity contribution is -0.127. The van der Waals surface area contributed by atoms with Crippen LogP contribution in [0.3, 0.4) is 0 Å². The molecule has 1 aliphatic carbocycles. The van der Waals surface area contributed by atoms with Gasteiger partial charge in [-0.2, -0.15) is 13.2 Å². The van der Waals surface area contributed by atoms with E-state index in [-0.39, 0.29) is 0 Å². The van der Waals surface area contributed by atoms with Crippen molar-refractivity contribution in [3.05, 3.63) is 71.8 Å². The van der Waals surface area contributed by atoms with E-state index in [4.69, 9.17) is 0 Å². The highest BCUT2D eigenvalue weighted by molar-refractivity contribution is 7.97. The highest BCUT2D eigenvalue weighted by Gasteiger charge is 2.32. The van der Waals surface area contributed by atoms with E-state index < -0.39 is 12.6 Å². The zero-order valence-corrected chi connectivity index (χ0v) is 18.8. The summed E-state index contributed by atoms with van der Waals surface area (Å²) >= 11 is 1.85. The molecule has 0 N–H and O–H groups in total. The number of fused-ring (bicyclic) bond motifs is 1. The van der Waals surface area contributed by atoms with E-state index in [0.29, 0.717) is 23.6 Å². The van der Waals surface area contributed by atoms with Crippen molar-refractivity contribution in [2.24, 2.45) is 5.92 Å². The molecular formula is C25H29F3N2S. The molecule has 1 saturated heterocycles. The van der Waals surface area contributed by atoms with Gasteiger partial charge in [-0.05, 0) is 79.4 Å². The third-order valence-corrected chi connectivity index (χ3v) is 7.77. The van der Waals surface area contributed by atoms with E-state index in [0.717, 1.165) is 31.6 Å². The number of hydrogen-bond acceptors (Lipinski definition) is 3. The van der Waals surface area contributed by atoms with E-state index >= 15 is 0 Å². The molecule has 1 aliphatic heterocycles. The van der Waals surface area contributed by atoms with Gasteiger partial charge in [-0.1, -0.05) is 30.3 Å². The van der Waals surface area contributed by atoms with E-state index in [9.17, 15) is 13.2 Å². The number of alkyl halides is 3. The minimum absolute atomic E-state index is 0.308. The molecule has 1 fully saturated rings. The minimum atomic E-state index is -4.17. The Kier molecular flexibility index (Phi) is 6.40. The Morgan fingerprint density at radius 3 is 2.32 bits per heavy atom. The third-order valence-electron chi connectivity index (χ3n) is 6.26. The van der Waals surface area contributed by atoms with Crippen LogP contribution in [0.5, 0.6) is 0 Å². The van der Waals surface area contributed by atoms with Crippen LogP contribution in [-0.2, 0) is 19.3 Å². The fourth-order valence-electron chi connectivity index (χ4n) is 4.77. The molecule has 4 rings (SSSR count). The number of hydrogen-bond donors (Lipinski definition) is 0. The largest absolute Gasteiger partial charge is 0.393 e. The Hall–Kier alpha value is -1.92. The van der Waals surface area contributed by atoms with Gasteiger partial charge in [0.1, 0.15) is 0 Å². The summed E-state index contributed by atoms with van der Waals surface area (Å²) in [4.78, 5) is 3.62. The van der Waals surface area contributed by atoms with Crippen LogP contribution in [0.4, 0.5) is 18.9 Å². The third kappa shape index (κ3) is 5.12. The van der Waals surface area contributed by atoms with Crippen LogP contribution in [0.15, 0.2) is 60.0 Å². The van der Waals surface area contributed by atoms with E-state index in [1.165, 1.54) is 16.0 Å². The average Bonchev–Trinajstić information content (AvgIpc) is 3.14. The fourth-order valence-corrected chi connectivity index (χ4v) is 5.96. The van der Waals surface area contributed by atoms with Crippen LogP contribution in [-0.4, -0.2) is 35.7 Å². The molecule has 166 valence electrons. The number of benzene rings is 2. The van der Waals surface area contributed by atoms with Crippen LogP contribution >= 0.6 is 11.9 Å². The molecule has 0 spiro atoms. The maximum absolute atomic E-state index is 12.6. The number of nitrogens with zero attached hydrogens (tertiary/aromatic N) is 2. The summed E-state index contributed by atoms with van der Waals surface area (Å²) in [5.41, 5.74) is 4.19. The molecule has 0 aromatic heterocycles. The summed E-state index contributed by atoms with van der Waals surface area (Å²) in [5, 5.41) is 0. The summed E-state index contributed by atoms with van der Waals surface area (Å²) in [6.07, 6.45) is -0.834. The summed E-state index contributed by atoms with van der Waals surface area (Å²) in [6, 6.07) is 14.1. The van der Waals surface area contributed by atoms with Crippen LogP contribution in [0.25, 0.3) is 0 Å². The second-order valence-electron chi connectivity index (χ2n) is 8.81. The highest BCUT2D eigenvalue weighted by Crippen LogP contribution is 2.39. The van der Waals surface area contributed by atoms with E-state index in [1.807, 2.05) is 24.1 Å². The maximum atomic E-state index is 12.6. The Bertz CT molecular complexity index is 913. The summed E-state index contributed by atoms with van der Waals surface area (Å²) < 4.78 is 40.3. The Balaban J connectivity index is 1.44. The van der Waals surface area contributed by atoms with Crippen molar-refractivity contribution in [3.8, 4) is 0 Å². The monoisotopic (exact) mass is 446 g/mol. The predicted molar refractivity (Wildman–Crippen MR) is 123 cm³/mol. The number of anilines is 1. The van der Waals surface area contributed by atoms with Gasteiger partial charge < -0.3 is 4.90 Å². The van der Waals surface area contributed by atoms with Crippen LogP contribution in [0.2, 0.25) is 0 Å². The molecule has 2 aromatic rings. The Labute approximate surface area is 187 Å². The topological polar surface area (TPSA) is 6.48 Å². The maximum Gasteiger partial charge on any atom is 0.393 e. The van der Waals surface area contributed by atoms with Gasteiger partial charge in [0.15, 0.2) is 0 Å². The normalized spacial score (nSPS) is 24.3. The van der Waals surface area contributed by atoms with Crippen molar-refractivity contribution < 1.29 is 13.2 Å². The first-order chi connectivity index (χ1) is 14.7. The molecule has 3 unspecified atom stereocenters. The number of allylic oxidation sites excluding steroid dienone is 1. The quantitative estimate of drug-likeness (QED) is 0.393. The van der Waals surface area contributed by atoms with Gasteiger partial charge in [0, 0.05) is 35.8 Å². The molecule has 1 heterocycles. The zero-order chi connectivity index (χ0) is 22.2. The lowest BCUT2D eigenvalue weighted by Crippen LogP contribution is -2.53. The molecule has 2 aliphatic rings. The first-order valence-corrected chi connectivity index (χ1v) is 11.6.